The molecular formula is C19H15NO. The van der Waals surface area contributed by atoms with Crippen LogP contribution in [0.4, 0.5) is 0 Å². The van der Waals surface area contributed by atoms with E-state index < -0.39 is 0 Å². The fraction of sp³-hybridized carbons (Fsp3) is 0. The number of aromatic nitrogens is 1. The van der Waals surface area contributed by atoms with Crippen molar-refractivity contribution in [2.45, 2.75) is 0 Å². The van der Waals surface area contributed by atoms with Gasteiger partial charge in [-0.15, -0.1) is 0 Å². The maximum atomic E-state index is 12.5. The molecule has 0 aliphatic carbocycles. The van der Waals surface area contributed by atoms with E-state index in [2.05, 4.69) is 4.98 Å². The maximum Gasteiger partial charge on any atom is 0.195 e. The van der Waals surface area contributed by atoms with Crippen LogP contribution in [0.25, 0.3) is 12.2 Å². The van der Waals surface area contributed by atoms with Gasteiger partial charge in [0.05, 0.1) is 0 Å². The third kappa shape index (κ3) is 3.00. The molecule has 2 nitrogen and oxygen atoms in total. The Morgan fingerprint density at radius 3 is 2.19 bits per heavy atom. The van der Waals surface area contributed by atoms with E-state index in [4.69, 9.17) is 0 Å². The molecule has 21 heavy (non-hydrogen) atoms. The average molecular weight is 273 g/mol. The number of nitrogens with one attached hydrogen (secondary N) is 1. The predicted molar refractivity (Wildman–Crippen MR) is 86.0 cm³/mol. The Balaban J connectivity index is 1.88. The number of carbonyl (C=O) groups is 1. The van der Waals surface area contributed by atoms with Crippen molar-refractivity contribution in [3.63, 3.8) is 0 Å². The zero-order valence-electron chi connectivity index (χ0n) is 11.5. The van der Waals surface area contributed by atoms with Crippen LogP contribution in [0.5, 0.6) is 0 Å². The first-order valence-corrected chi connectivity index (χ1v) is 6.84. The number of hydrogen-bond donors (Lipinski definition) is 1. The second kappa shape index (κ2) is 6.06. The molecule has 0 aliphatic heterocycles. The van der Waals surface area contributed by atoms with Crippen LogP contribution < -0.4 is 0 Å². The molecule has 1 aromatic heterocycles. The Labute approximate surface area is 123 Å². The molecule has 3 rings (SSSR count). The molecule has 0 fully saturated rings. The van der Waals surface area contributed by atoms with E-state index in [-0.39, 0.29) is 5.78 Å². The van der Waals surface area contributed by atoms with Crippen LogP contribution in [-0.2, 0) is 0 Å². The van der Waals surface area contributed by atoms with Crippen LogP contribution in [0.2, 0.25) is 0 Å². The fourth-order valence-corrected chi connectivity index (χ4v) is 2.21. The van der Waals surface area contributed by atoms with Crippen molar-refractivity contribution in [3.8, 4) is 0 Å². The van der Waals surface area contributed by atoms with Gasteiger partial charge < -0.3 is 4.98 Å². The van der Waals surface area contributed by atoms with Crippen molar-refractivity contribution >= 4 is 17.9 Å². The van der Waals surface area contributed by atoms with Gasteiger partial charge in [-0.25, -0.2) is 0 Å². The molecule has 0 spiro atoms. The van der Waals surface area contributed by atoms with Gasteiger partial charge in [0.2, 0.25) is 0 Å². The lowest BCUT2D eigenvalue weighted by molar-refractivity contribution is 0.103. The number of H-pyrrole nitrogens is 1. The van der Waals surface area contributed by atoms with Crippen molar-refractivity contribution in [2.24, 2.45) is 0 Å². The van der Waals surface area contributed by atoms with Crippen LogP contribution in [0, 0.1) is 0 Å². The van der Waals surface area contributed by atoms with Crippen LogP contribution in [-0.4, -0.2) is 10.8 Å². The molecule has 0 bridgehead atoms. The van der Waals surface area contributed by atoms with E-state index in [1.54, 1.807) is 6.20 Å². The van der Waals surface area contributed by atoms with Crippen LogP contribution in [0.1, 0.15) is 27.0 Å². The van der Waals surface area contributed by atoms with Gasteiger partial charge in [0.1, 0.15) is 0 Å². The molecule has 0 aliphatic rings. The standard InChI is InChI=1S/C19H15NO/c21-19(16-9-5-2-6-10-16)18-14-20-13-17(18)12-11-15-7-3-1-4-8-15/h1-14,20H/b12-11+. The molecule has 0 saturated carbocycles. The minimum absolute atomic E-state index is 0.0320. The van der Waals surface area contributed by atoms with E-state index in [9.17, 15) is 4.79 Å². The van der Waals surface area contributed by atoms with Gasteiger partial charge in [0.25, 0.3) is 0 Å². The first-order valence-electron chi connectivity index (χ1n) is 6.84. The lowest BCUT2D eigenvalue weighted by atomic mass is 10.0. The molecule has 0 saturated heterocycles. The zero-order valence-corrected chi connectivity index (χ0v) is 11.5. The van der Waals surface area contributed by atoms with E-state index in [1.807, 2.05) is 79.0 Å². The quantitative estimate of drug-likeness (QED) is 0.701. The Hall–Kier alpha value is -2.87. The number of ketones is 1. The summed E-state index contributed by atoms with van der Waals surface area (Å²) >= 11 is 0. The SMILES string of the molecule is O=C(c1ccccc1)c1c[nH]cc1/C=C/c1ccccc1. The molecule has 2 heteroatoms. The summed E-state index contributed by atoms with van der Waals surface area (Å²) in [6.45, 7) is 0. The topological polar surface area (TPSA) is 32.9 Å². The van der Waals surface area contributed by atoms with Gasteiger partial charge in [-0.1, -0.05) is 72.8 Å². The largest absolute Gasteiger partial charge is 0.366 e. The molecule has 1 heterocycles. The van der Waals surface area contributed by atoms with Gasteiger partial charge in [-0.05, 0) is 5.56 Å². The minimum atomic E-state index is 0.0320. The Kier molecular flexibility index (Phi) is 3.79. The van der Waals surface area contributed by atoms with E-state index in [0.29, 0.717) is 11.1 Å². The lowest BCUT2D eigenvalue weighted by Crippen LogP contribution is -2.00. The normalized spacial score (nSPS) is 10.9. The molecule has 3 aromatic rings. The Bertz CT molecular complexity index is 755. The van der Waals surface area contributed by atoms with Crippen LogP contribution in [0.15, 0.2) is 73.1 Å². The highest BCUT2D eigenvalue weighted by atomic mass is 16.1. The number of benzene rings is 2. The highest BCUT2D eigenvalue weighted by Gasteiger charge is 2.12. The summed E-state index contributed by atoms with van der Waals surface area (Å²) < 4.78 is 0. The summed E-state index contributed by atoms with van der Waals surface area (Å²) in [7, 11) is 0. The van der Waals surface area contributed by atoms with Crippen molar-refractivity contribution in [2.75, 3.05) is 0 Å². The van der Waals surface area contributed by atoms with Crippen molar-refractivity contribution in [1.29, 1.82) is 0 Å². The van der Waals surface area contributed by atoms with Gasteiger partial charge in [0.15, 0.2) is 5.78 Å². The van der Waals surface area contributed by atoms with Crippen LogP contribution in [0.3, 0.4) is 0 Å². The van der Waals surface area contributed by atoms with Gasteiger partial charge in [-0.3, -0.25) is 4.79 Å². The second-order valence-corrected chi connectivity index (χ2v) is 4.76. The third-order valence-corrected chi connectivity index (χ3v) is 3.31. The molecule has 0 atom stereocenters. The summed E-state index contributed by atoms with van der Waals surface area (Å²) in [5.41, 5.74) is 3.39. The minimum Gasteiger partial charge on any atom is -0.366 e. The maximum absolute atomic E-state index is 12.5. The van der Waals surface area contributed by atoms with E-state index in [1.165, 1.54) is 0 Å². The first-order chi connectivity index (χ1) is 10.3. The van der Waals surface area contributed by atoms with Crippen LogP contribution >= 0.6 is 0 Å². The monoisotopic (exact) mass is 273 g/mol. The molecule has 0 unspecified atom stereocenters. The molecular weight excluding hydrogens is 258 g/mol. The number of aromatic amines is 1. The molecule has 0 radical (unpaired) electrons. The summed E-state index contributed by atoms with van der Waals surface area (Å²) in [4.78, 5) is 15.5. The van der Waals surface area contributed by atoms with Crippen molar-refractivity contribution in [1.82, 2.24) is 4.98 Å². The van der Waals surface area contributed by atoms with E-state index >= 15 is 0 Å². The third-order valence-electron chi connectivity index (χ3n) is 3.31. The smallest absolute Gasteiger partial charge is 0.195 e. The summed E-state index contributed by atoms with van der Waals surface area (Å²) in [5, 5.41) is 0. The molecule has 102 valence electrons. The highest BCUT2D eigenvalue weighted by Crippen LogP contribution is 2.17. The lowest BCUT2D eigenvalue weighted by Gasteiger charge is -2.00. The molecule has 0 amide bonds. The number of hydrogen-bond acceptors (Lipinski definition) is 1. The summed E-state index contributed by atoms with van der Waals surface area (Å²) in [5.74, 6) is 0.0320. The van der Waals surface area contributed by atoms with Gasteiger partial charge in [-0.2, -0.15) is 0 Å². The summed E-state index contributed by atoms with van der Waals surface area (Å²) in [6.07, 6.45) is 7.56. The molecule has 2 aromatic carbocycles. The fourth-order valence-electron chi connectivity index (χ4n) is 2.21. The number of carbonyl (C=O) groups excluding carboxylic acids is 1. The van der Waals surface area contributed by atoms with Crippen molar-refractivity contribution < 1.29 is 4.79 Å². The predicted octanol–water partition coefficient (Wildman–Crippen LogP) is 4.42. The van der Waals surface area contributed by atoms with Gasteiger partial charge in [0, 0.05) is 29.1 Å². The number of rotatable bonds is 4. The highest BCUT2D eigenvalue weighted by molar-refractivity contribution is 6.11. The molecule has 1 N–H and O–H groups in total. The first kappa shape index (κ1) is 13.1. The van der Waals surface area contributed by atoms with E-state index in [0.717, 1.165) is 11.1 Å². The Morgan fingerprint density at radius 2 is 1.48 bits per heavy atom. The average Bonchev–Trinajstić information content (AvgIpc) is 3.02. The zero-order chi connectivity index (χ0) is 14.5. The second-order valence-electron chi connectivity index (χ2n) is 4.76. The Morgan fingerprint density at radius 1 is 0.810 bits per heavy atom. The van der Waals surface area contributed by atoms with Crippen molar-refractivity contribution in [3.05, 3.63) is 95.3 Å². The summed E-state index contributed by atoms with van der Waals surface area (Å²) in [6, 6.07) is 19.4. The van der Waals surface area contributed by atoms with Gasteiger partial charge >= 0.3 is 0 Å².